The van der Waals surface area contributed by atoms with E-state index in [0.717, 1.165) is 10.9 Å². The molecule has 0 spiro atoms. The van der Waals surface area contributed by atoms with Gasteiger partial charge in [-0.1, -0.05) is 30.3 Å². The van der Waals surface area contributed by atoms with Crippen LogP contribution in [-0.4, -0.2) is 55.1 Å². The fraction of sp³-hybridized carbons (Fsp3) is 0.292. The second kappa shape index (κ2) is 8.15. The predicted octanol–water partition coefficient (Wildman–Crippen LogP) is 3.14. The molecule has 3 heterocycles. The summed E-state index contributed by atoms with van der Waals surface area (Å²) < 4.78 is 34.3. The van der Waals surface area contributed by atoms with Crippen molar-refractivity contribution in [3.63, 3.8) is 0 Å². The Morgan fingerprint density at radius 2 is 1.91 bits per heavy atom. The molecule has 2 atom stereocenters. The number of carbonyl (C=O) groups excluding carboxylic acids is 2. The largest absolute Gasteiger partial charge is 0.454 e. The van der Waals surface area contributed by atoms with E-state index in [0.29, 0.717) is 36.3 Å². The molecule has 1 saturated heterocycles. The maximum atomic E-state index is 12.9. The summed E-state index contributed by atoms with van der Waals surface area (Å²) in [7, 11) is -3.73. The van der Waals surface area contributed by atoms with Crippen LogP contribution >= 0.6 is 0 Å². The molecule has 1 N–H and O–H groups in total. The van der Waals surface area contributed by atoms with E-state index in [2.05, 4.69) is 9.38 Å². The Balaban J connectivity index is 1.29. The molecule has 1 aromatic heterocycles. The lowest BCUT2D eigenvalue weighted by atomic mass is 9.97. The molecular formula is C24H23N3O5S. The van der Waals surface area contributed by atoms with Crippen LogP contribution in [0.5, 0.6) is 0 Å². The second-order valence-corrected chi connectivity index (χ2v) is 9.94. The van der Waals surface area contributed by atoms with Gasteiger partial charge in [-0.25, -0.2) is 0 Å². The van der Waals surface area contributed by atoms with Crippen molar-refractivity contribution in [1.29, 1.82) is 0 Å². The fourth-order valence-corrected chi connectivity index (χ4v) is 5.72. The van der Waals surface area contributed by atoms with E-state index in [9.17, 15) is 18.0 Å². The van der Waals surface area contributed by atoms with Crippen LogP contribution in [0.25, 0.3) is 10.9 Å². The molecule has 2 aliphatic heterocycles. The van der Waals surface area contributed by atoms with Gasteiger partial charge in [0.15, 0.2) is 11.9 Å². The number of esters is 1. The summed E-state index contributed by atoms with van der Waals surface area (Å²) in [6.45, 7) is 2.46. The van der Waals surface area contributed by atoms with Gasteiger partial charge < -0.3 is 14.6 Å². The fourth-order valence-electron chi connectivity index (χ4n) is 4.50. The number of H-pyrrole nitrogens is 1. The summed E-state index contributed by atoms with van der Waals surface area (Å²) >= 11 is 0. The lowest BCUT2D eigenvalue weighted by Crippen LogP contribution is -2.43. The van der Waals surface area contributed by atoms with Crippen molar-refractivity contribution in [3.8, 4) is 0 Å². The number of nitrogens with one attached hydrogen (secondary N) is 1. The Morgan fingerprint density at radius 1 is 1.15 bits per heavy atom. The number of aromatic amines is 1. The molecule has 0 radical (unpaired) electrons. The van der Waals surface area contributed by atoms with Crippen molar-refractivity contribution in [2.45, 2.75) is 30.8 Å². The topological polar surface area (TPSA) is 109 Å². The number of aromatic nitrogens is 1. The van der Waals surface area contributed by atoms with Crippen LogP contribution in [0.15, 0.2) is 64.0 Å². The highest BCUT2D eigenvalue weighted by atomic mass is 32.2. The van der Waals surface area contributed by atoms with E-state index in [1.807, 2.05) is 29.2 Å². The lowest BCUT2D eigenvalue weighted by Gasteiger charge is -2.33. The van der Waals surface area contributed by atoms with Gasteiger partial charge in [0.2, 0.25) is 5.78 Å². The quantitative estimate of drug-likeness (QED) is 0.468. The zero-order valence-electron chi connectivity index (χ0n) is 18.0. The van der Waals surface area contributed by atoms with Crippen LogP contribution < -0.4 is 0 Å². The second-order valence-electron chi connectivity index (χ2n) is 8.36. The summed E-state index contributed by atoms with van der Waals surface area (Å²) in [6.07, 6.45) is 1.99. The Hall–Kier alpha value is -3.46. The predicted molar refractivity (Wildman–Crippen MR) is 123 cm³/mol. The summed E-state index contributed by atoms with van der Waals surface area (Å²) in [5.41, 5.74) is 1.88. The number of ketones is 1. The van der Waals surface area contributed by atoms with E-state index in [4.69, 9.17) is 4.74 Å². The number of sulfonamides is 1. The molecule has 5 rings (SSSR count). The number of likely N-dealkylation sites (tertiary alicyclic amines) is 1. The first-order chi connectivity index (χ1) is 15.8. The van der Waals surface area contributed by atoms with E-state index in [-0.39, 0.29) is 17.2 Å². The molecule has 170 valence electrons. The summed E-state index contributed by atoms with van der Waals surface area (Å²) in [5.74, 6) is -0.843. The van der Waals surface area contributed by atoms with Gasteiger partial charge in [0.25, 0.3) is 10.0 Å². The van der Waals surface area contributed by atoms with Crippen molar-refractivity contribution in [3.05, 3.63) is 65.9 Å². The first kappa shape index (κ1) is 21.4. The maximum Gasteiger partial charge on any atom is 0.311 e. The monoisotopic (exact) mass is 465 g/mol. The van der Waals surface area contributed by atoms with Gasteiger partial charge in [-0.05, 0) is 38.0 Å². The highest BCUT2D eigenvalue weighted by Crippen LogP contribution is 2.30. The number of fused-ring (bicyclic) bond motifs is 2. The first-order valence-corrected chi connectivity index (χ1v) is 12.3. The smallest absolute Gasteiger partial charge is 0.311 e. The molecule has 0 saturated carbocycles. The third kappa shape index (κ3) is 3.82. The van der Waals surface area contributed by atoms with E-state index in [1.54, 1.807) is 31.3 Å². The Labute approximate surface area is 191 Å². The van der Waals surface area contributed by atoms with Crippen molar-refractivity contribution in [1.82, 2.24) is 9.88 Å². The minimum absolute atomic E-state index is 0.183. The van der Waals surface area contributed by atoms with E-state index < -0.39 is 28.0 Å². The highest BCUT2D eigenvalue weighted by Gasteiger charge is 2.36. The molecule has 2 aromatic carbocycles. The van der Waals surface area contributed by atoms with Crippen LogP contribution in [-0.2, 0) is 19.6 Å². The molecule has 0 unspecified atom stereocenters. The Bertz CT molecular complexity index is 1390. The number of rotatable bonds is 4. The van der Waals surface area contributed by atoms with Crippen LogP contribution in [0, 0.1) is 5.92 Å². The van der Waals surface area contributed by atoms with Crippen LogP contribution in [0.4, 0.5) is 0 Å². The van der Waals surface area contributed by atoms with Crippen LogP contribution in [0.2, 0.25) is 0 Å². The van der Waals surface area contributed by atoms with Gasteiger partial charge in [-0.3, -0.25) is 9.59 Å². The van der Waals surface area contributed by atoms with Gasteiger partial charge >= 0.3 is 5.97 Å². The first-order valence-electron chi connectivity index (χ1n) is 10.9. The molecule has 8 nitrogen and oxygen atoms in total. The minimum atomic E-state index is -3.73. The van der Waals surface area contributed by atoms with Gasteiger partial charge in [0.05, 0.1) is 5.92 Å². The summed E-state index contributed by atoms with van der Waals surface area (Å²) in [4.78, 5) is 30.9. The Morgan fingerprint density at radius 3 is 2.76 bits per heavy atom. The van der Waals surface area contributed by atoms with Gasteiger partial charge in [-0.2, -0.15) is 8.42 Å². The van der Waals surface area contributed by atoms with Gasteiger partial charge in [0, 0.05) is 41.3 Å². The standard InChI is InChI=1S/C24H23N3O5S/c1-15(22(28)19-13-25-20-10-4-2-8-17(19)20)32-24(29)16-7-6-12-27(14-16)23-18-9-3-5-11-21(18)33(30,31)26-23/h2-5,8-11,13,15-16,25H,6-7,12,14H2,1H3/t15-,16-/m0/s1. The van der Waals surface area contributed by atoms with Crippen LogP contribution in [0.1, 0.15) is 35.7 Å². The SMILES string of the molecule is C[C@H](OC(=O)[C@H]1CCCN(C2=NS(=O)(=O)c3ccccc32)C1)C(=O)c1c[nH]c2ccccc12. The number of para-hydroxylation sites is 1. The molecular weight excluding hydrogens is 442 g/mol. The van der Waals surface area contributed by atoms with Crippen molar-refractivity contribution in [2.24, 2.45) is 10.3 Å². The molecule has 2 aliphatic rings. The molecule has 3 aromatic rings. The number of hydrogen-bond donors (Lipinski definition) is 1. The third-order valence-corrected chi connectivity index (χ3v) is 7.51. The number of Topliss-reactive ketones (excluding diaryl/α,β-unsaturated/α-hetero) is 1. The molecule has 9 heteroatoms. The van der Waals surface area contributed by atoms with Gasteiger partial charge in [0.1, 0.15) is 4.90 Å². The number of ether oxygens (including phenoxy) is 1. The molecule has 0 amide bonds. The van der Waals surface area contributed by atoms with Gasteiger partial charge in [-0.15, -0.1) is 4.40 Å². The zero-order chi connectivity index (χ0) is 23.2. The number of nitrogens with zero attached hydrogens (tertiary/aromatic N) is 2. The average Bonchev–Trinajstić information content (AvgIpc) is 3.37. The highest BCUT2D eigenvalue weighted by molar-refractivity contribution is 7.90. The number of piperidine rings is 1. The molecule has 1 fully saturated rings. The lowest BCUT2D eigenvalue weighted by molar-refractivity contribution is -0.152. The maximum absolute atomic E-state index is 12.9. The number of carbonyl (C=O) groups is 2. The summed E-state index contributed by atoms with van der Waals surface area (Å²) in [6, 6.07) is 14.1. The minimum Gasteiger partial charge on any atom is -0.454 e. The number of hydrogen-bond acceptors (Lipinski definition) is 6. The normalized spacial score (nSPS) is 20.2. The number of amidine groups is 1. The van der Waals surface area contributed by atoms with E-state index in [1.165, 1.54) is 6.07 Å². The average molecular weight is 466 g/mol. The zero-order valence-corrected chi connectivity index (χ0v) is 18.8. The molecule has 0 bridgehead atoms. The molecule has 0 aliphatic carbocycles. The van der Waals surface area contributed by atoms with E-state index >= 15 is 0 Å². The van der Waals surface area contributed by atoms with Crippen LogP contribution in [0.3, 0.4) is 0 Å². The van der Waals surface area contributed by atoms with Crippen molar-refractivity contribution >= 4 is 38.5 Å². The molecule has 33 heavy (non-hydrogen) atoms. The van der Waals surface area contributed by atoms with Crippen molar-refractivity contribution < 1.29 is 22.7 Å². The summed E-state index contributed by atoms with van der Waals surface area (Å²) in [5, 5.41) is 0.786. The number of benzene rings is 2. The Kier molecular flexibility index (Phi) is 5.28. The third-order valence-electron chi connectivity index (χ3n) is 6.18. The van der Waals surface area contributed by atoms with Crippen molar-refractivity contribution in [2.75, 3.05) is 13.1 Å².